The van der Waals surface area contributed by atoms with Crippen LogP contribution in [0.25, 0.3) is 0 Å². The van der Waals surface area contributed by atoms with Crippen molar-refractivity contribution in [3.63, 3.8) is 0 Å². The number of carbonyl (C=O) groups excluding carboxylic acids is 1. The smallest absolute Gasteiger partial charge is 0.282 e. The lowest BCUT2D eigenvalue weighted by molar-refractivity contribution is -0.126. The first-order valence-electron chi connectivity index (χ1n) is 10.7. The number of hydrogen-bond acceptors (Lipinski definition) is 5. The Balaban J connectivity index is 1.50. The molecule has 0 aliphatic carbocycles. The molecule has 0 radical (unpaired) electrons. The standard InChI is InChI=1S/C19H36N4O4S/c1-16-12-17(2)14-23(13-16)28(25,26)22-6-3-4-18(15-22)19(24)20-5-7-21-8-10-27-11-9-21/h16-18H,3-15H2,1-2H3,(H,20,24)/t16-,17-,18-/m0/s1. The number of ether oxygens (including phenoxy) is 1. The molecule has 3 aliphatic heterocycles. The SMILES string of the molecule is C[C@H]1C[C@H](C)CN(S(=O)(=O)N2CCC[C@H](C(=O)NCCN3CCOCC3)C2)C1. The fourth-order valence-electron chi connectivity index (χ4n) is 4.63. The molecule has 3 saturated heterocycles. The number of morpholine rings is 1. The zero-order chi connectivity index (χ0) is 20.1. The van der Waals surface area contributed by atoms with Crippen molar-refractivity contribution in [3.8, 4) is 0 Å². The summed E-state index contributed by atoms with van der Waals surface area (Å²) in [7, 11) is -3.49. The second-order valence-electron chi connectivity index (χ2n) is 8.71. The molecule has 3 rings (SSSR count). The molecule has 3 aliphatic rings. The van der Waals surface area contributed by atoms with E-state index in [4.69, 9.17) is 4.74 Å². The Labute approximate surface area is 169 Å². The van der Waals surface area contributed by atoms with Gasteiger partial charge in [-0.25, -0.2) is 0 Å². The van der Waals surface area contributed by atoms with Crippen molar-refractivity contribution >= 4 is 16.1 Å². The fraction of sp³-hybridized carbons (Fsp3) is 0.947. The van der Waals surface area contributed by atoms with Crippen LogP contribution in [-0.2, 0) is 19.7 Å². The van der Waals surface area contributed by atoms with Crippen LogP contribution in [0.5, 0.6) is 0 Å². The number of hydrogen-bond donors (Lipinski definition) is 1. The van der Waals surface area contributed by atoms with E-state index < -0.39 is 10.2 Å². The summed E-state index contributed by atoms with van der Waals surface area (Å²) in [5.41, 5.74) is 0. The molecule has 3 heterocycles. The van der Waals surface area contributed by atoms with E-state index in [1.807, 2.05) is 0 Å². The van der Waals surface area contributed by atoms with Crippen LogP contribution < -0.4 is 5.32 Å². The number of piperidine rings is 2. The Morgan fingerprint density at radius 1 is 1.04 bits per heavy atom. The number of rotatable bonds is 6. The van der Waals surface area contributed by atoms with Crippen LogP contribution in [0.3, 0.4) is 0 Å². The summed E-state index contributed by atoms with van der Waals surface area (Å²) in [5.74, 6) is 0.478. The van der Waals surface area contributed by atoms with Gasteiger partial charge in [0.1, 0.15) is 0 Å². The minimum Gasteiger partial charge on any atom is -0.379 e. The molecule has 0 saturated carbocycles. The van der Waals surface area contributed by atoms with E-state index in [9.17, 15) is 13.2 Å². The molecular formula is C19H36N4O4S. The predicted molar refractivity (Wildman–Crippen MR) is 108 cm³/mol. The molecule has 0 aromatic rings. The van der Waals surface area contributed by atoms with Crippen molar-refractivity contribution in [2.24, 2.45) is 17.8 Å². The van der Waals surface area contributed by atoms with Gasteiger partial charge >= 0.3 is 0 Å². The molecule has 8 nitrogen and oxygen atoms in total. The fourth-order valence-corrected chi connectivity index (χ4v) is 6.57. The maximum Gasteiger partial charge on any atom is 0.282 e. The number of nitrogens with one attached hydrogen (secondary N) is 1. The zero-order valence-corrected chi connectivity index (χ0v) is 18.1. The minimum atomic E-state index is -3.49. The second kappa shape index (κ2) is 9.84. The highest BCUT2D eigenvalue weighted by Gasteiger charge is 2.38. The Bertz CT molecular complexity index is 613. The Morgan fingerprint density at radius 2 is 1.71 bits per heavy atom. The van der Waals surface area contributed by atoms with E-state index in [1.165, 1.54) is 4.31 Å². The van der Waals surface area contributed by atoms with Crippen molar-refractivity contribution in [3.05, 3.63) is 0 Å². The van der Waals surface area contributed by atoms with Gasteiger partial charge in [0.05, 0.1) is 19.1 Å². The summed E-state index contributed by atoms with van der Waals surface area (Å²) in [4.78, 5) is 14.9. The first-order chi connectivity index (χ1) is 13.4. The van der Waals surface area contributed by atoms with Gasteiger partial charge in [0.15, 0.2) is 0 Å². The van der Waals surface area contributed by atoms with Crippen LogP contribution in [0, 0.1) is 17.8 Å². The maximum atomic E-state index is 13.1. The molecule has 1 amide bonds. The monoisotopic (exact) mass is 416 g/mol. The van der Waals surface area contributed by atoms with Gasteiger partial charge in [0.2, 0.25) is 5.91 Å². The topological polar surface area (TPSA) is 82.2 Å². The third kappa shape index (κ3) is 5.66. The molecule has 0 spiro atoms. The summed E-state index contributed by atoms with van der Waals surface area (Å²) in [6, 6.07) is 0. The number of carbonyl (C=O) groups is 1. The van der Waals surface area contributed by atoms with Crippen LogP contribution in [0.4, 0.5) is 0 Å². The van der Waals surface area contributed by atoms with Crippen molar-refractivity contribution < 1.29 is 17.9 Å². The average molecular weight is 417 g/mol. The quantitative estimate of drug-likeness (QED) is 0.677. The van der Waals surface area contributed by atoms with E-state index in [-0.39, 0.29) is 11.8 Å². The van der Waals surface area contributed by atoms with Gasteiger partial charge < -0.3 is 10.1 Å². The van der Waals surface area contributed by atoms with Gasteiger partial charge in [-0.05, 0) is 31.1 Å². The summed E-state index contributed by atoms with van der Waals surface area (Å²) in [5, 5.41) is 3.01. The van der Waals surface area contributed by atoms with E-state index in [1.54, 1.807) is 4.31 Å². The summed E-state index contributed by atoms with van der Waals surface area (Å²) >= 11 is 0. The molecule has 3 atom stereocenters. The molecule has 0 aromatic heterocycles. The van der Waals surface area contributed by atoms with Crippen LogP contribution in [0.1, 0.15) is 33.1 Å². The summed E-state index contributed by atoms with van der Waals surface area (Å²) in [6.07, 6.45) is 2.56. The summed E-state index contributed by atoms with van der Waals surface area (Å²) in [6.45, 7) is 10.9. The molecule has 28 heavy (non-hydrogen) atoms. The van der Waals surface area contributed by atoms with Crippen molar-refractivity contribution in [2.45, 2.75) is 33.1 Å². The molecule has 0 bridgehead atoms. The molecule has 0 aromatic carbocycles. The van der Waals surface area contributed by atoms with Gasteiger partial charge in [-0.3, -0.25) is 9.69 Å². The molecule has 1 N–H and O–H groups in total. The molecule has 9 heteroatoms. The first-order valence-corrected chi connectivity index (χ1v) is 12.1. The lowest BCUT2D eigenvalue weighted by Crippen LogP contribution is -2.53. The summed E-state index contributed by atoms with van der Waals surface area (Å²) < 4.78 is 34.7. The largest absolute Gasteiger partial charge is 0.379 e. The van der Waals surface area contributed by atoms with Crippen molar-refractivity contribution in [2.75, 3.05) is 65.6 Å². The zero-order valence-electron chi connectivity index (χ0n) is 17.3. The second-order valence-corrected chi connectivity index (χ2v) is 10.6. The Kier molecular flexibility index (Phi) is 7.72. The minimum absolute atomic E-state index is 0.0199. The first kappa shape index (κ1) is 22.0. The van der Waals surface area contributed by atoms with Gasteiger partial charge in [-0.15, -0.1) is 0 Å². The Morgan fingerprint density at radius 3 is 2.39 bits per heavy atom. The van der Waals surface area contributed by atoms with Crippen molar-refractivity contribution in [1.82, 2.24) is 18.8 Å². The van der Waals surface area contributed by atoms with E-state index in [2.05, 4.69) is 24.1 Å². The molecule has 0 unspecified atom stereocenters. The van der Waals surface area contributed by atoms with Crippen LogP contribution in [-0.4, -0.2) is 93.4 Å². The number of amides is 1. The van der Waals surface area contributed by atoms with E-state index in [0.29, 0.717) is 44.6 Å². The third-order valence-corrected chi connectivity index (χ3v) is 8.01. The Hall–Kier alpha value is -0.740. The van der Waals surface area contributed by atoms with Crippen LogP contribution >= 0.6 is 0 Å². The highest BCUT2D eigenvalue weighted by atomic mass is 32.2. The van der Waals surface area contributed by atoms with Gasteiger partial charge in [-0.1, -0.05) is 13.8 Å². The third-order valence-electron chi connectivity index (χ3n) is 6.07. The van der Waals surface area contributed by atoms with E-state index in [0.717, 1.165) is 52.1 Å². The van der Waals surface area contributed by atoms with E-state index >= 15 is 0 Å². The lowest BCUT2D eigenvalue weighted by atomic mass is 9.94. The van der Waals surface area contributed by atoms with Gasteiger partial charge in [0, 0.05) is 52.4 Å². The highest BCUT2D eigenvalue weighted by Crippen LogP contribution is 2.27. The van der Waals surface area contributed by atoms with Crippen LogP contribution in [0.2, 0.25) is 0 Å². The van der Waals surface area contributed by atoms with Crippen molar-refractivity contribution in [1.29, 1.82) is 0 Å². The van der Waals surface area contributed by atoms with Crippen LogP contribution in [0.15, 0.2) is 0 Å². The average Bonchev–Trinajstić information content (AvgIpc) is 2.68. The van der Waals surface area contributed by atoms with Gasteiger partial charge in [0.25, 0.3) is 10.2 Å². The molecule has 162 valence electrons. The molecule has 3 fully saturated rings. The highest BCUT2D eigenvalue weighted by molar-refractivity contribution is 7.86. The normalized spacial score (nSPS) is 31.6. The van der Waals surface area contributed by atoms with Gasteiger partial charge in [-0.2, -0.15) is 17.0 Å². The lowest BCUT2D eigenvalue weighted by Gasteiger charge is -2.39. The number of nitrogens with zero attached hydrogens (tertiary/aromatic N) is 3. The maximum absolute atomic E-state index is 13.1. The predicted octanol–water partition coefficient (Wildman–Crippen LogP) is 0.370. The molecular weight excluding hydrogens is 380 g/mol.